The quantitative estimate of drug-likeness (QED) is 0.839. The number of carbonyl (C=O) groups is 1. The molecule has 2 heterocycles. The Bertz CT molecular complexity index is 773. The molecule has 0 aliphatic rings. The Morgan fingerprint density at radius 2 is 2.16 bits per heavy atom. The fraction of sp³-hybridized carbons (Fsp3) is 0.333. The summed E-state index contributed by atoms with van der Waals surface area (Å²) in [6, 6.07) is 0. The number of rotatable bonds is 3. The Morgan fingerprint density at radius 3 is 2.74 bits per heavy atom. The monoisotopic (exact) mass is 263 g/mol. The van der Waals surface area contributed by atoms with Crippen molar-refractivity contribution in [1.82, 2.24) is 14.5 Å². The molecule has 2 rings (SSSR count). The highest BCUT2D eigenvalue weighted by Crippen LogP contribution is 2.15. The fourth-order valence-electron chi connectivity index (χ4n) is 2.04. The molecule has 0 fully saturated rings. The Balaban J connectivity index is 2.96. The molecule has 0 amide bonds. The molecule has 7 heteroatoms. The van der Waals surface area contributed by atoms with Crippen molar-refractivity contribution in [2.75, 3.05) is 0 Å². The maximum absolute atomic E-state index is 11.8. The van der Waals surface area contributed by atoms with E-state index >= 15 is 0 Å². The van der Waals surface area contributed by atoms with Gasteiger partial charge < -0.3 is 5.11 Å². The number of aromatic amines is 1. The number of carboxylic acid groups (broad SMARTS) is 1. The Morgan fingerprint density at radius 1 is 1.47 bits per heavy atom. The summed E-state index contributed by atoms with van der Waals surface area (Å²) in [7, 11) is 0. The molecule has 0 aromatic carbocycles. The Kier molecular flexibility index (Phi) is 3.20. The van der Waals surface area contributed by atoms with Gasteiger partial charge in [0.25, 0.3) is 5.56 Å². The van der Waals surface area contributed by atoms with E-state index in [1.54, 1.807) is 0 Å². The van der Waals surface area contributed by atoms with Crippen LogP contribution >= 0.6 is 0 Å². The zero-order valence-corrected chi connectivity index (χ0v) is 10.6. The standard InChI is InChI=1S/C12H13N3O4/c1-3-4-15-9-8(10(16)14-12(15)19)6(2)7(5-13-9)11(17)18/h5H,3-4H2,1-2H3,(H,17,18)(H,14,16,19). The van der Waals surface area contributed by atoms with Crippen LogP contribution in [-0.4, -0.2) is 25.6 Å². The van der Waals surface area contributed by atoms with Gasteiger partial charge in [-0.05, 0) is 18.9 Å². The summed E-state index contributed by atoms with van der Waals surface area (Å²) < 4.78 is 1.34. The van der Waals surface area contributed by atoms with Crippen molar-refractivity contribution in [3.05, 3.63) is 38.2 Å². The van der Waals surface area contributed by atoms with Crippen LogP contribution < -0.4 is 11.2 Å². The molecule has 0 aliphatic carbocycles. The van der Waals surface area contributed by atoms with Crippen molar-refractivity contribution in [3.63, 3.8) is 0 Å². The Hall–Kier alpha value is -2.44. The van der Waals surface area contributed by atoms with Crippen molar-refractivity contribution >= 4 is 17.0 Å². The lowest BCUT2D eigenvalue weighted by molar-refractivity contribution is 0.0696. The van der Waals surface area contributed by atoms with E-state index in [2.05, 4.69) is 9.97 Å². The average molecular weight is 263 g/mol. The molecular weight excluding hydrogens is 250 g/mol. The summed E-state index contributed by atoms with van der Waals surface area (Å²) in [5.41, 5.74) is -0.656. The van der Waals surface area contributed by atoms with Crippen molar-refractivity contribution in [2.45, 2.75) is 26.8 Å². The maximum atomic E-state index is 11.8. The van der Waals surface area contributed by atoms with E-state index in [1.807, 2.05) is 6.92 Å². The smallest absolute Gasteiger partial charge is 0.337 e. The van der Waals surface area contributed by atoms with Gasteiger partial charge in [-0.3, -0.25) is 14.3 Å². The number of fused-ring (bicyclic) bond motifs is 1. The molecule has 7 nitrogen and oxygen atoms in total. The minimum Gasteiger partial charge on any atom is -0.478 e. The predicted octanol–water partition coefficient (Wildman–Crippen LogP) is 0.501. The first kappa shape index (κ1) is 13.0. The van der Waals surface area contributed by atoms with Crippen LogP contribution in [0, 0.1) is 6.92 Å². The van der Waals surface area contributed by atoms with Crippen LogP contribution in [0.3, 0.4) is 0 Å². The van der Waals surface area contributed by atoms with Gasteiger partial charge in [0.15, 0.2) is 0 Å². The predicted molar refractivity (Wildman–Crippen MR) is 68.6 cm³/mol. The van der Waals surface area contributed by atoms with E-state index in [9.17, 15) is 14.4 Å². The number of aromatic nitrogens is 3. The zero-order chi connectivity index (χ0) is 14.2. The van der Waals surface area contributed by atoms with Gasteiger partial charge in [0.1, 0.15) is 5.65 Å². The average Bonchev–Trinajstić information content (AvgIpc) is 2.33. The number of hydrogen-bond donors (Lipinski definition) is 2. The summed E-state index contributed by atoms with van der Waals surface area (Å²) in [5, 5.41) is 9.17. The van der Waals surface area contributed by atoms with Crippen molar-refractivity contribution < 1.29 is 9.90 Å². The minimum absolute atomic E-state index is 0.0419. The fourth-order valence-corrected chi connectivity index (χ4v) is 2.04. The lowest BCUT2D eigenvalue weighted by atomic mass is 10.1. The molecule has 2 aromatic heterocycles. The largest absolute Gasteiger partial charge is 0.478 e. The van der Waals surface area contributed by atoms with Crippen molar-refractivity contribution in [1.29, 1.82) is 0 Å². The first-order valence-electron chi connectivity index (χ1n) is 5.83. The molecule has 0 aliphatic heterocycles. The van der Waals surface area contributed by atoms with Crippen molar-refractivity contribution in [2.24, 2.45) is 0 Å². The molecule has 0 spiro atoms. The van der Waals surface area contributed by atoms with Crippen LogP contribution in [0.4, 0.5) is 0 Å². The highest BCUT2D eigenvalue weighted by Gasteiger charge is 2.16. The van der Waals surface area contributed by atoms with Gasteiger partial charge in [-0.15, -0.1) is 0 Å². The summed E-state index contributed by atoms with van der Waals surface area (Å²) >= 11 is 0. The molecule has 19 heavy (non-hydrogen) atoms. The van der Waals surface area contributed by atoms with Gasteiger partial charge in [0.2, 0.25) is 0 Å². The Labute approximate surface area is 107 Å². The van der Waals surface area contributed by atoms with Crippen LogP contribution in [0.2, 0.25) is 0 Å². The topological polar surface area (TPSA) is 105 Å². The molecule has 0 saturated carbocycles. The van der Waals surface area contributed by atoms with Crippen LogP contribution in [0.25, 0.3) is 11.0 Å². The number of H-pyrrole nitrogens is 1. The minimum atomic E-state index is -1.15. The lowest BCUT2D eigenvalue weighted by Crippen LogP contribution is -2.31. The zero-order valence-electron chi connectivity index (χ0n) is 10.6. The number of nitrogens with zero attached hydrogens (tertiary/aromatic N) is 2. The molecule has 0 bridgehead atoms. The summed E-state index contributed by atoms with van der Waals surface area (Å²) in [6.07, 6.45) is 1.87. The van der Waals surface area contributed by atoms with E-state index in [0.29, 0.717) is 18.5 Å². The molecule has 2 N–H and O–H groups in total. The van der Waals surface area contributed by atoms with Gasteiger partial charge in [0.05, 0.1) is 10.9 Å². The van der Waals surface area contributed by atoms with E-state index in [4.69, 9.17) is 5.11 Å². The normalized spacial score (nSPS) is 10.8. The number of carboxylic acids is 1. The third kappa shape index (κ3) is 2.03. The van der Waals surface area contributed by atoms with Crippen LogP contribution in [-0.2, 0) is 6.54 Å². The van der Waals surface area contributed by atoms with Gasteiger partial charge in [0, 0.05) is 12.7 Å². The van der Waals surface area contributed by atoms with Gasteiger partial charge in [-0.2, -0.15) is 0 Å². The molecule has 2 aromatic rings. The molecule has 0 atom stereocenters. The maximum Gasteiger partial charge on any atom is 0.337 e. The molecular formula is C12H13N3O4. The SMILES string of the molecule is CCCn1c(=O)[nH]c(=O)c2c(C)c(C(=O)O)cnc21. The first-order chi connectivity index (χ1) is 8.97. The van der Waals surface area contributed by atoms with E-state index in [1.165, 1.54) is 17.7 Å². The van der Waals surface area contributed by atoms with Crippen LogP contribution in [0.1, 0.15) is 29.3 Å². The second-order valence-corrected chi connectivity index (χ2v) is 4.21. The van der Waals surface area contributed by atoms with Gasteiger partial charge >= 0.3 is 11.7 Å². The third-order valence-corrected chi connectivity index (χ3v) is 2.94. The number of nitrogens with one attached hydrogen (secondary N) is 1. The van der Waals surface area contributed by atoms with Gasteiger partial charge in [-0.25, -0.2) is 14.6 Å². The second kappa shape index (κ2) is 4.68. The first-order valence-corrected chi connectivity index (χ1v) is 5.83. The number of hydrogen-bond acceptors (Lipinski definition) is 4. The van der Waals surface area contributed by atoms with Crippen LogP contribution in [0.5, 0.6) is 0 Å². The third-order valence-electron chi connectivity index (χ3n) is 2.94. The highest BCUT2D eigenvalue weighted by atomic mass is 16.4. The number of pyridine rings is 1. The number of aryl methyl sites for hydroxylation is 2. The highest BCUT2D eigenvalue weighted by molar-refractivity contribution is 5.94. The summed E-state index contributed by atoms with van der Waals surface area (Å²) in [6.45, 7) is 3.83. The summed E-state index contributed by atoms with van der Waals surface area (Å²) in [5.74, 6) is -1.15. The van der Waals surface area contributed by atoms with Crippen molar-refractivity contribution in [3.8, 4) is 0 Å². The van der Waals surface area contributed by atoms with Crippen LogP contribution in [0.15, 0.2) is 15.8 Å². The van der Waals surface area contributed by atoms with Gasteiger partial charge in [-0.1, -0.05) is 6.92 Å². The van der Waals surface area contributed by atoms with E-state index in [0.717, 1.165) is 0 Å². The van der Waals surface area contributed by atoms with E-state index < -0.39 is 17.2 Å². The van der Waals surface area contributed by atoms with E-state index in [-0.39, 0.29) is 16.6 Å². The molecule has 0 unspecified atom stereocenters. The second-order valence-electron chi connectivity index (χ2n) is 4.21. The lowest BCUT2D eigenvalue weighted by Gasteiger charge is -2.09. The molecule has 0 saturated heterocycles. The number of aromatic carboxylic acids is 1. The molecule has 100 valence electrons. The summed E-state index contributed by atoms with van der Waals surface area (Å²) in [4.78, 5) is 40.8. The molecule has 0 radical (unpaired) electrons.